The average molecular weight is 215 g/mol. The maximum atomic E-state index is 11.0. The number of nitrogens with one attached hydrogen (secondary N) is 1. The lowest BCUT2D eigenvalue weighted by molar-refractivity contribution is -0.143. The van der Waals surface area contributed by atoms with Crippen LogP contribution in [0.3, 0.4) is 0 Å². The maximum absolute atomic E-state index is 11.0. The van der Waals surface area contributed by atoms with Crippen molar-refractivity contribution in [2.24, 2.45) is 5.92 Å². The molecule has 3 nitrogen and oxygen atoms in total. The SMILES string of the molecule is CC1(C(=O)O)CC(C2CCCS2)CN1. The smallest absolute Gasteiger partial charge is 0.323 e. The van der Waals surface area contributed by atoms with E-state index in [0.717, 1.165) is 13.0 Å². The monoisotopic (exact) mass is 215 g/mol. The largest absolute Gasteiger partial charge is 0.480 e. The van der Waals surface area contributed by atoms with Crippen molar-refractivity contribution in [2.75, 3.05) is 12.3 Å². The van der Waals surface area contributed by atoms with E-state index in [4.69, 9.17) is 5.11 Å². The van der Waals surface area contributed by atoms with Gasteiger partial charge in [-0.1, -0.05) is 0 Å². The topological polar surface area (TPSA) is 49.3 Å². The Bertz CT molecular complexity index is 240. The number of hydrogen-bond donors (Lipinski definition) is 2. The van der Waals surface area contributed by atoms with Crippen LogP contribution in [-0.2, 0) is 4.79 Å². The molecule has 2 aliphatic heterocycles. The normalized spacial score (nSPS) is 42.9. The minimum Gasteiger partial charge on any atom is -0.480 e. The lowest BCUT2D eigenvalue weighted by atomic mass is 9.91. The Labute approximate surface area is 88.6 Å². The number of carboxylic acids is 1. The minimum atomic E-state index is -0.706. The molecule has 0 bridgehead atoms. The van der Waals surface area contributed by atoms with Crippen LogP contribution in [0.5, 0.6) is 0 Å². The molecule has 80 valence electrons. The quantitative estimate of drug-likeness (QED) is 0.729. The molecule has 2 aliphatic rings. The summed E-state index contributed by atoms with van der Waals surface area (Å²) in [6.45, 7) is 2.68. The van der Waals surface area contributed by atoms with E-state index in [0.29, 0.717) is 11.2 Å². The van der Waals surface area contributed by atoms with Crippen LogP contribution in [0.1, 0.15) is 26.2 Å². The van der Waals surface area contributed by atoms with Gasteiger partial charge in [-0.3, -0.25) is 4.79 Å². The molecule has 0 aromatic rings. The molecule has 0 aliphatic carbocycles. The van der Waals surface area contributed by atoms with Gasteiger partial charge in [0.2, 0.25) is 0 Å². The Morgan fingerprint density at radius 1 is 1.64 bits per heavy atom. The lowest BCUT2D eigenvalue weighted by Gasteiger charge is -2.20. The summed E-state index contributed by atoms with van der Waals surface area (Å²) in [5.74, 6) is 1.11. The zero-order valence-electron chi connectivity index (χ0n) is 8.45. The highest BCUT2D eigenvalue weighted by atomic mass is 32.2. The van der Waals surface area contributed by atoms with Crippen LogP contribution in [0.4, 0.5) is 0 Å². The fourth-order valence-electron chi connectivity index (χ4n) is 2.43. The summed E-state index contributed by atoms with van der Waals surface area (Å²) >= 11 is 2.02. The summed E-state index contributed by atoms with van der Waals surface area (Å²) in [7, 11) is 0. The van der Waals surface area contributed by atoms with Crippen molar-refractivity contribution in [1.29, 1.82) is 0 Å². The molecule has 3 unspecified atom stereocenters. The van der Waals surface area contributed by atoms with E-state index in [1.165, 1.54) is 18.6 Å². The number of thioether (sulfide) groups is 1. The third-order valence-electron chi connectivity index (χ3n) is 3.39. The van der Waals surface area contributed by atoms with Crippen molar-refractivity contribution >= 4 is 17.7 Å². The maximum Gasteiger partial charge on any atom is 0.323 e. The average Bonchev–Trinajstić information content (AvgIpc) is 2.72. The molecule has 2 fully saturated rings. The van der Waals surface area contributed by atoms with E-state index in [1.54, 1.807) is 6.92 Å². The van der Waals surface area contributed by atoms with E-state index in [2.05, 4.69) is 5.32 Å². The highest BCUT2D eigenvalue weighted by Gasteiger charge is 2.44. The van der Waals surface area contributed by atoms with Gasteiger partial charge in [0.25, 0.3) is 0 Å². The van der Waals surface area contributed by atoms with Crippen molar-refractivity contribution in [3.8, 4) is 0 Å². The van der Waals surface area contributed by atoms with Crippen molar-refractivity contribution in [2.45, 2.75) is 37.0 Å². The zero-order valence-corrected chi connectivity index (χ0v) is 9.27. The van der Waals surface area contributed by atoms with Crippen molar-refractivity contribution in [1.82, 2.24) is 5.32 Å². The van der Waals surface area contributed by atoms with Crippen LogP contribution in [0.25, 0.3) is 0 Å². The fraction of sp³-hybridized carbons (Fsp3) is 0.900. The zero-order chi connectivity index (χ0) is 10.2. The molecular weight excluding hydrogens is 198 g/mol. The van der Waals surface area contributed by atoms with Crippen molar-refractivity contribution in [3.63, 3.8) is 0 Å². The second-order valence-corrected chi connectivity index (χ2v) is 5.88. The molecule has 14 heavy (non-hydrogen) atoms. The first-order valence-corrected chi connectivity index (χ1v) is 6.27. The predicted octanol–water partition coefficient (Wildman–Crippen LogP) is 1.33. The summed E-state index contributed by atoms with van der Waals surface area (Å²) in [6.07, 6.45) is 3.36. The summed E-state index contributed by atoms with van der Waals surface area (Å²) in [4.78, 5) is 11.0. The van der Waals surface area contributed by atoms with Gasteiger partial charge < -0.3 is 10.4 Å². The van der Waals surface area contributed by atoms with Gasteiger partial charge in [0.1, 0.15) is 5.54 Å². The van der Waals surface area contributed by atoms with Crippen LogP contribution in [0, 0.1) is 5.92 Å². The molecule has 0 radical (unpaired) electrons. The predicted molar refractivity (Wildman–Crippen MR) is 57.6 cm³/mol. The van der Waals surface area contributed by atoms with Crippen LogP contribution in [0.15, 0.2) is 0 Å². The van der Waals surface area contributed by atoms with Gasteiger partial charge in [-0.2, -0.15) is 11.8 Å². The van der Waals surface area contributed by atoms with E-state index >= 15 is 0 Å². The molecule has 0 saturated carbocycles. The van der Waals surface area contributed by atoms with Gasteiger partial charge in [0.05, 0.1) is 0 Å². The number of aliphatic carboxylic acids is 1. The van der Waals surface area contributed by atoms with Gasteiger partial charge in [-0.25, -0.2) is 0 Å². The first kappa shape index (κ1) is 10.3. The first-order chi connectivity index (χ1) is 6.62. The molecule has 0 amide bonds. The molecule has 2 rings (SSSR count). The van der Waals surface area contributed by atoms with E-state index in [1.807, 2.05) is 11.8 Å². The standard InChI is InChI=1S/C10H17NO2S/c1-10(9(12)13)5-7(6-11-10)8-3-2-4-14-8/h7-8,11H,2-6H2,1H3,(H,12,13). The van der Waals surface area contributed by atoms with E-state index < -0.39 is 11.5 Å². The molecule has 4 heteroatoms. The summed E-state index contributed by atoms with van der Waals surface area (Å²) in [6, 6.07) is 0. The third kappa shape index (κ3) is 1.77. The Balaban J connectivity index is 1.96. The third-order valence-corrected chi connectivity index (χ3v) is 4.96. The van der Waals surface area contributed by atoms with Gasteiger partial charge in [-0.15, -0.1) is 0 Å². The Kier molecular flexibility index (Phi) is 2.75. The second kappa shape index (κ2) is 3.74. The highest BCUT2D eigenvalue weighted by molar-refractivity contribution is 8.00. The highest BCUT2D eigenvalue weighted by Crippen LogP contribution is 2.38. The van der Waals surface area contributed by atoms with Gasteiger partial charge in [0, 0.05) is 11.8 Å². The molecule has 0 aromatic heterocycles. The van der Waals surface area contributed by atoms with Crippen LogP contribution >= 0.6 is 11.8 Å². The van der Waals surface area contributed by atoms with Gasteiger partial charge in [0.15, 0.2) is 0 Å². The molecule has 2 N–H and O–H groups in total. The molecule has 2 heterocycles. The molecule has 0 aromatic carbocycles. The van der Waals surface area contributed by atoms with Crippen LogP contribution in [-0.4, -0.2) is 34.2 Å². The lowest BCUT2D eigenvalue weighted by Crippen LogP contribution is -2.44. The summed E-state index contributed by atoms with van der Waals surface area (Å²) in [5.41, 5.74) is -0.673. The summed E-state index contributed by atoms with van der Waals surface area (Å²) < 4.78 is 0. The minimum absolute atomic E-state index is 0.559. The van der Waals surface area contributed by atoms with Gasteiger partial charge >= 0.3 is 5.97 Å². The van der Waals surface area contributed by atoms with Crippen LogP contribution in [0.2, 0.25) is 0 Å². The Hall–Kier alpha value is -0.220. The Morgan fingerprint density at radius 3 is 2.93 bits per heavy atom. The fourth-order valence-corrected chi connectivity index (χ4v) is 3.86. The van der Waals surface area contributed by atoms with Crippen LogP contribution < -0.4 is 5.32 Å². The molecule has 2 saturated heterocycles. The van der Waals surface area contributed by atoms with Crippen molar-refractivity contribution < 1.29 is 9.90 Å². The summed E-state index contributed by atoms with van der Waals surface area (Å²) in [5, 5.41) is 12.9. The number of carboxylic acid groups (broad SMARTS) is 1. The number of rotatable bonds is 2. The molecule has 3 atom stereocenters. The number of hydrogen-bond acceptors (Lipinski definition) is 3. The first-order valence-electron chi connectivity index (χ1n) is 5.22. The molecule has 0 spiro atoms. The van der Waals surface area contributed by atoms with E-state index in [9.17, 15) is 4.79 Å². The van der Waals surface area contributed by atoms with Gasteiger partial charge in [-0.05, 0) is 37.9 Å². The van der Waals surface area contributed by atoms with Crippen molar-refractivity contribution in [3.05, 3.63) is 0 Å². The Morgan fingerprint density at radius 2 is 2.43 bits per heavy atom. The van der Waals surface area contributed by atoms with E-state index in [-0.39, 0.29) is 0 Å². The molecular formula is C10H17NO2S. The number of carbonyl (C=O) groups is 1. The second-order valence-electron chi connectivity index (χ2n) is 4.53.